The number of hydrogen-bond acceptors (Lipinski definition) is 9. The molecule has 2 aromatic rings. The number of amides is 2. The summed E-state index contributed by atoms with van der Waals surface area (Å²) < 4.78 is 17.5. The number of nitrogens with one attached hydrogen (secondary N) is 2. The summed E-state index contributed by atoms with van der Waals surface area (Å²) in [4.78, 5) is 48.7. The van der Waals surface area contributed by atoms with Gasteiger partial charge in [-0.2, -0.15) is 0 Å². The number of hydrogen-bond donors (Lipinski definition) is 2. The van der Waals surface area contributed by atoms with E-state index in [1.807, 2.05) is 44.2 Å². The molecule has 2 heterocycles. The summed E-state index contributed by atoms with van der Waals surface area (Å²) in [6.45, 7) is 10.8. The van der Waals surface area contributed by atoms with Crippen LogP contribution in [0.3, 0.4) is 0 Å². The summed E-state index contributed by atoms with van der Waals surface area (Å²) in [7, 11) is -0.625. The first-order valence-corrected chi connectivity index (χ1v) is 14.7. The van der Waals surface area contributed by atoms with Gasteiger partial charge < -0.3 is 24.7 Å². The van der Waals surface area contributed by atoms with Gasteiger partial charge in [0, 0.05) is 63.6 Å². The van der Waals surface area contributed by atoms with Crippen LogP contribution in [0.4, 0.5) is 4.79 Å². The molecule has 0 aliphatic carbocycles. The van der Waals surface area contributed by atoms with E-state index in [4.69, 9.17) is 14.0 Å². The molecule has 0 unspecified atom stereocenters. The zero-order chi connectivity index (χ0) is 30.3. The van der Waals surface area contributed by atoms with Gasteiger partial charge in [-0.3, -0.25) is 19.5 Å². The van der Waals surface area contributed by atoms with Crippen molar-refractivity contribution < 1.29 is 28.4 Å². The molecule has 12 heteroatoms. The van der Waals surface area contributed by atoms with E-state index in [2.05, 4.69) is 39.3 Å². The summed E-state index contributed by atoms with van der Waals surface area (Å²) in [6, 6.07) is 9.68. The van der Waals surface area contributed by atoms with Crippen LogP contribution in [0, 0.1) is 11.8 Å². The van der Waals surface area contributed by atoms with Crippen molar-refractivity contribution in [1.29, 1.82) is 0 Å². The Morgan fingerprint density at radius 2 is 1.74 bits per heavy atom. The molecule has 1 saturated heterocycles. The first kappa shape index (κ1) is 33.2. The van der Waals surface area contributed by atoms with Crippen LogP contribution in [0.2, 0.25) is 0 Å². The van der Waals surface area contributed by atoms with Gasteiger partial charge in [-0.25, -0.2) is 9.78 Å². The van der Waals surface area contributed by atoms with Crippen LogP contribution in [-0.2, 0) is 25.3 Å². The van der Waals surface area contributed by atoms with Crippen LogP contribution in [0.1, 0.15) is 56.6 Å². The fraction of sp³-hybridized carbons (Fsp3) is 0.567. The Kier molecular flexibility index (Phi) is 13.9. The Morgan fingerprint density at radius 3 is 2.36 bits per heavy atom. The molecule has 1 aromatic heterocycles. The van der Waals surface area contributed by atoms with E-state index in [1.54, 1.807) is 0 Å². The van der Waals surface area contributed by atoms with Crippen LogP contribution >= 0.6 is 0 Å². The van der Waals surface area contributed by atoms with Gasteiger partial charge in [0.25, 0.3) is 0 Å². The number of alkyl carbamates (subject to hydrolysis) is 1. The lowest BCUT2D eigenvalue weighted by Crippen LogP contribution is -2.54. The molecular weight excluding hydrogens is 537 g/mol. The molecule has 3 rings (SSSR count). The number of Topliss-reactive ketones (excluding diaryl/α,β-unsaturated/α-hetero) is 1. The maximum atomic E-state index is 13.7. The van der Waals surface area contributed by atoms with E-state index in [0.717, 1.165) is 5.56 Å². The maximum absolute atomic E-state index is 13.7. The lowest BCUT2D eigenvalue weighted by molar-refractivity contribution is -0.125. The topological polar surface area (TPSA) is 132 Å². The molecule has 42 heavy (non-hydrogen) atoms. The molecule has 228 valence electrons. The number of carbonyl (C=O) groups excluding carboxylic acids is 3. The standard InChI is InChI=1S/C30H44BN5O6/c1-22(2)18-28(31-41-16-13-36(14-17-42-31)12-15-40-30(39)34-23(3)4)35-29(38)25(19-24-8-6-5-7-9-24)20-27(37)26-21-32-10-11-33-26/h5-11,21-23,25,28H,12-20H2,1-4H3,(H,34,39)(H,35,38)/t25-,28+/m0/s1. The molecular formula is C30H44BN5O6. The lowest BCUT2D eigenvalue weighted by Gasteiger charge is -2.31. The monoisotopic (exact) mass is 581 g/mol. The lowest BCUT2D eigenvalue weighted by atomic mass is 9.73. The summed E-state index contributed by atoms with van der Waals surface area (Å²) in [6.07, 6.45) is 5.04. The summed E-state index contributed by atoms with van der Waals surface area (Å²) in [5.74, 6) is -1.18. The van der Waals surface area contributed by atoms with Gasteiger partial charge >= 0.3 is 13.2 Å². The summed E-state index contributed by atoms with van der Waals surface area (Å²) in [5.41, 5.74) is 1.21. The van der Waals surface area contributed by atoms with E-state index < -0.39 is 25.1 Å². The van der Waals surface area contributed by atoms with Crippen molar-refractivity contribution in [2.24, 2.45) is 11.8 Å². The number of rotatable bonds is 14. The van der Waals surface area contributed by atoms with Crippen molar-refractivity contribution >= 4 is 24.9 Å². The molecule has 11 nitrogen and oxygen atoms in total. The molecule has 1 aromatic carbocycles. The Bertz CT molecular complexity index is 1100. The molecule has 1 aliphatic heterocycles. The highest BCUT2D eigenvalue weighted by Crippen LogP contribution is 2.18. The second kappa shape index (κ2) is 17.6. The van der Waals surface area contributed by atoms with Gasteiger partial charge in [0.1, 0.15) is 12.3 Å². The van der Waals surface area contributed by atoms with Crippen molar-refractivity contribution in [1.82, 2.24) is 25.5 Å². The van der Waals surface area contributed by atoms with Crippen molar-refractivity contribution in [2.75, 3.05) is 39.5 Å². The molecule has 0 spiro atoms. The van der Waals surface area contributed by atoms with Crippen LogP contribution in [0.15, 0.2) is 48.9 Å². The van der Waals surface area contributed by atoms with E-state index in [-0.39, 0.29) is 42.4 Å². The van der Waals surface area contributed by atoms with Gasteiger partial charge in [-0.05, 0) is 38.2 Å². The molecule has 2 atom stereocenters. The number of aromatic nitrogens is 2. The number of benzene rings is 1. The van der Waals surface area contributed by atoms with Gasteiger partial charge in [-0.15, -0.1) is 0 Å². The van der Waals surface area contributed by atoms with E-state index in [1.165, 1.54) is 18.6 Å². The number of carbonyl (C=O) groups is 3. The zero-order valence-corrected chi connectivity index (χ0v) is 25.2. The second-order valence-corrected chi connectivity index (χ2v) is 11.2. The van der Waals surface area contributed by atoms with Crippen molar-refractivity contribution in [2.45, 2.75) is 58.9 Å². The van der Waals surface area contributed by atoms with Gasteiger partial charge in [0.2, 0.25) is 5.91 Å². The zero-order valence-electron chi connectivity index (χ0n) is 25.2. The van der Waals surface area contributed by atoms with Gasteiger partial charge in [0.05, 0.1) is 12.1 Å². The normalized spacial score (nSPS) is 15.9. The fourth-order valence-corrected chi connectivity index (χ4v) is 4.73. The fourth-order valence-electron chi connectivity index (χ4n) is 4.73. The molecule has 0 bridgehead atoms. The van der Waals surface area contributed by atoms with Gasteiger partial charge in [0.15, 0.2) is 5.78 Å². The maximum Gasteiger partial charge on any atom is 0.480 e. The minimum atomic E-state index is -0.625. The van der Waals surface area contributed by atoms with Crippen LogP contribution in [-0.4, -0.2) is 91.2 Å². The van der Waals surface area contributed by atoms with Gasteiger partial charge in [-0.1, -0.05) is 44.2 Å². The minimum absolute atomic E-state index is 0.00637. The van der Waals surface area contributed by atoms with Crippen LogP contribution < -0.4 is 10.6 Å². The predicted octanol–water partition coefficient (Wildman–Crippen LogP) is 2.95. The summed E-state index contributed by atoms with van der Waals surface area (Å²) >= 11 is 0. The first-order valence-electron chi connectivity index (χ1n) is 14.7. The predicted molar refractivity (Wildman–Crippen MR) is 160 cm³/mol. The van der Waals surface area contributed by atoms with E-state index in [9.17, 15) is 14.4 Å². The Labute approximate surface area is 249 Å². The molecule has 2 amide bonds. The third-order valence-corrected chi connectivity index (χ3v) is 6.78. The first-order chi connectivity index (χ1) is 20.2. The minimum Gasteiger partial charge on any atom is -0.448 e. The highest BCUT2D eigenvalue weighted by molar-refractivity contribution is 6.47. The highest BCUT2D eigenvalue weighted by atomic mass is 16.6. The molecule has 0 radical (unpaired) electrons. The Balaban J connectivity index is 1.61. The molecule has 1 aliphatic rings. The third-order valence-electron chi connectivity index (χ3n) is 6.78. The highest BCUT2D eigenvalue weighted by Gasteiger charge is 2.35. The Morgan fingerprint density at radius 1 is 1.02 bits per heavy atom. The average molecular weight is 582 g/mol. The number of nitrogens with zero attached hydrogens (tertiary/aromatic N) is 3. The summed E-state index contributed by atoms with van der Waals surface area (Å²) in [5, 5.41) is 5.87. The van der Waals surface area contributed by atoms with Crippen molar-refractivity contribution in [3.63, 3.8) is 0 Å². The average Bonchev–Trinajstić information content (AvgIpc) is 2.93. The van der Waals surface area contributed by atoms with Crippen molar-refractivity contribution in [3.8, 4) is 0 Å². The SMILES string of the molecule is CC(C)C[C@@H](NC(=O)[C@H](CC(=O)c1cnccn1)Cc1ccccc1)B1OCCN(CCOC(=O)NC(C)C)CCO1. The van der Waals surface area contributed by atoms with E-state index >= 15 is 0 Å². The van der Waals surface area contributed by atoms with Crippen LogP contribution in [0.5, 0.6) is 0 Å². The number of ether oxygens (including phenoxy) is 1. The Hall–Kier alpha value is -3.35. The van der Waals surface area contributed by atoms with E-state index in [0.29, 0.717) is 45.7 Å². The second-order valence-electron chi connectivity index (χ2n) is 11.2. The van der Waals surface area contributed by atoms with Crippen molar-refractivity contribution in [3.05, 3.63) is 60.2 Å². The third kappa shape index (κ3) is 11.9. The molecule has 1 fully saturated rings. The number of ketones is 1. The quantitative estimate of drug-likeness (QED) is 0.255. The molecule has 2 N–H and O–H groups in total. The molecule has 0 saturated carbocycles. The van der Waals surface area contributed by atoms with Crippen LogP contribution in [0.25, 0.3) is 0 Å². The largest absolute Gasteiger partial charge is 0.480 e. The smallest absolute Gasteiger partial charge is 0.448 e.